The van der Waals surface area contributed by atoms with Gasteiger partial charge in [0.05, 0.1) is 22.3 Å². The fourth-order valence-electron chi connectivity index (χ4n) is 7.15. The molecule has 0 aliphatic heterocycles. The van der Waals surface area contributed by atoms with E-state index in [1.165, 1.54) is 10.8 Å². The molecule has 5 heteroatoms. The molecular formula is C43H26N4O. The molecule has 10 aromatic rings. The quantitative estimate of drug-likeness (QED) is 0.198. The van der Waals surface area contributed by atoms with E-state index >= 15 is 0 Å². The van der Waals surface area contributed by atoms with Crippen molar-refractivity contribution in [2.75, 3.05) is 0 Å². The van der Waals surface area contributed by atoms with Gasteiger partial charge in [0.15, 0.2) is 17.5 Å². The maximum atomic E-state index is 6.28. The lowest BCUT2D eigenvalue weighted by molar-refractivity contribution is 0.669. The zero-order valence-corrected chi connectivity index (χ0v) is 25.7. The van der Waals surface area contributed by atoms with E-state index < -0.39 is 0 Å². The summed E-state index contributed by atoms with van der Waals surface area (Å²) in [5, 5.41) is 6.61. The summed E-state index contributed by atoms with van der Waals surface area (Å²) in [5.74, 6) is 1.82. The van der Waals surface area contributed by atoms with E-state index in [-0.39, 0.29) is 0 Å². The van der Waals surface area contributed by atoms with Crippen molar-refractivity contribution in [1.29, 1.82) is 0 Å². The highest BCUT2D eigenvalue weighted by molar-refractivity contribution is 6.13. The summed E-state index contributed by atoms with van der Waals surface area (Å²) in [6.45, 7) is 0. The third-order valence-electron chi connectivity index (χ3n) is 9.26. The van der Waals surface area contributed by atoms with Gasteiger partial charge in [-0.2, -0.15) is 0 Å². The Morgan fingerprint density at radius 3 is 1.81 bits per heavy atom. The van der Waals surface area contributed by atoms with Crippen LogP contribution in [0.15, 0.2) is 162 Å². The molecule has 10 rings (SSSR count). The van der Waals surface area contributed by atoms with Crippen molar-refractivity contribution in [3.63, 3.8) is 0 Å². The SMILES string of the molecule is c1ccc(-c2nc(-c3c(-n4c5ccccc5c5ccccc54)ccc4ccccc34)nc(-c3cccc4oc5ccccc5c34)n2)cc1. The smallest absolute Gasteiger partial charge is 0.166 e. The largest absolute Gasteiger partial charge is 0.456 e. The Kier molecular flexibility index (Phi) is 5.81. The van der Waals surface area contributed by atoms with Gasteiger partial charge in [0.1, 0.15) is 11.2 Å². The summed E-state index contributed by atoms with van der Waals surface area (Å²) in [4.78, 5) is 15.7. The third-order valence-corrected chi connectivity index (χ3v) is 9.26. The minimum absolute atomic E-state index is 0.595. The lowest BCUT2D eigenvalue weighted by Gasteiger charge is -2.17. The Labute approximate surface area is 275 Å². The standard InChI is InChI=1S/C43H26N4O/c1-2-14-28(15-3-1)41-44-42(33-20-12-24-38-39(33)32-19-8-11-23-37(32)48-38)46-43(45-41)40-29-16-5-4-13-27(29)25-26-36(40)47-34-21-9-6-17-30(34)31-18-7-10-22-35(31)47/h1-26H. The first kappa shape index (κ1) is 26.6. The molecule has 3 heterocycles. The molecule has 224 valence electrons. The predicted octanol–water partition coefficient (Wildman–Crippen LogP) is 11.0. The second-order valence-electron chi connectivity index (χ2n) is 12.0. The summed E-state index contributed by atoms with van der Waals surface area (Å²) in [6.07, 6.45) is 0. The van der Waals surface area contributed by atoms with Crippen LogP contribution in [0.2, 0.25) is 0 Å². The summed E-state index contributed by atoms with van der Waals surface area (Å²) in [5.41, 5.74) is 7.67. The minimum Gasteiger partial charge on any atom is -0.456 e. The number of fused-ring (bicyclic) bond motifs is 7. The van der Waals surface area contributed by atoms with Gasteiger partial charge in [0.2, 0.25) is 0 Å². The van der Waals surface area contributed by atoms with Crippen LogP contribution in [0.1, 0.15) is 0 Å². The average Bonchev–Trinajstić information content (AvgIpc) is 3.70. The fraction of sp³-hybridized carbons (Fsp3) is 0. The number of para-hydroxylation sites is 3. The Balaban J connectivity index is 1.34. The molecule has 0 spiro atoms. The lowest BCUT2D eigenvalue weighted by Crippen LogP contribution is -2.04. The maximum Gasteiger partial charge on any atom is 0.166 e. The van der Waals surface area contributed by atoms with Gasteiger partial charge in [-0.15, -0.1) is 0 Å². The van der Waals surface area contributed by atoms with Crippen LogP contribution in [0.3, 0.4) is 0 Å². The van der Waals surface area contributed by atoms with Crippen LogP contribution in [-0.4, -0.2) is 19.5 Å². The fourth-order valence-corrected chi connectivity index (χ4v) is 7.15. The van der Waals surface area contributed by atoms with Crippen molar-refractivity contribution in [2.45, 2.75) is 0 Å². The molecule has 0 saturated carbocycles. The molecular weight excluding hydrogens is 589 g/mol. The van der Waals surface area contributed by atoms with E-state index in [9.17, 15) is 0 Å². The van der Waals surface area contributed by atoms with E-state index in [2.05, 4.69) is 102 Å². The number of aromatic nitrogens is 4. The van der Waals surface area contributed by atoms with Gasteiger partial charge in [-0.1, -0.05) is 127 Å². The first-order valence-corrected chi connectivity index (χ1v) is 16.0. The Hall–Kier alpha value is -6.59. The summed E-state index contributed by atoms with van der Waals surface area (Å²) in [6, 6.07) is 54.4. The summed E-state index contributed by atoms with van der Waals surface area (Å²) < 4.78 is 8.63. The van der Waals surface area contributed by atoms with Crippen LogP contribution in [0, 0.1) is 0 Å². The topological polar surface area (TPSA) is 56.7 Å². The molecule has 0 aliphatic carbocycles. The zero-order chi connectivity index (χ0) is 31.6. The Morgan fingerprint density at radius 1 is 0.417 bits per heavy atom. The normalized spacial score (nSPS) is 11.8. The molecule has 0 radical (unpaired) electrons. The van der Waals surface area contributed by atoms with Crippen LogP contribution < -0.4 is 0 Å². The highest BCUT2D eigenvalue weighted by Gasteiger charge is 2.22. The Morgan fingerprint density at radius 2 is 1.02 bits per heavy atom. The highest BCUT2D eigenvalue weighted by Crippen LogP contribution is 2.41. The van der Waals surface area contributed by atoms with Crippen LogP contribution in [0.25, 0.3) is 94.4 Å². The van der Waals surface area contributed by atoms with Crippen LogP contribution in [0.4, 0.5) is 0 Å². The third kappa shape index (κ3) is 4.01. The van der Waals surface area contributed by atoms with Crippen molar-refractivity contribution in [3.05, 3.63) is 158 Å². The molecule has 0 atom stereocenters. The van der Waals surface area contributed by atoms with Gasteiger partial charge in [-0.25, -0.2) is 15.0 Å². The first-order valence-electron chi connectivity index (χ1n) is 16.0. The first-order chi connectivity index (χ1) is 23.8. The average molecular weight is 615 g/mol. The van der Waals surface area contributed by atoms with Gasteiger partial charge in [0.25, 0.3) is 0 Å². The lowest BCUT2D eigenvalue weighted by atomic mass is 10.0. The number of hydrogen-bond acceptors (Lipinski definition) is 4. The van der Waals surface area contributed by atoms with Crippen molar-refractivity contribution in [1.82, 2.24) is 19.5 Å². The van der Waals surface area contributed by atoms with E-state index in [0.717, 1.165) is 66.1 Å². The molecule has 3 aromatic heterocycles. The molecule has 7 aromatic carbocycles. The van der Waals surface area contributed by atoms with Crippen LogP contribution >= 0.6 is 0 Å². The molecule has 0 bridgehead atoms. The van der Waals surface area contributed by atoms with Gasteiger partial charge in [-0.3, -0.25) is 0 Å². The van der Waals surface area contributed by atoms with E-state index in [0.29, 0.717) is 17.5 Å². The summed E-state index contributed by atoms with van der Waals surface area (Å²) in [7, 11) is 0. The molecule has 5 nitrogen and oxygen atoms in total. The monoisotopic (exact) mass is 614 g/mol. The van der Waals surface area contributed by atoms with Crippen LogP contribution in [-0.2, 0) is 0 Å². The molecule has 0 fully saturated rings. The van der Waals surface area contributed by atoms with Gasteiger partial charge >= 0.3 is 0 Å². The second kappa shape index (κ2) is 10.5. The van der Waals surface area contributed by atoms with Crippen LogP contribution in [0.5, 0.6) is 0 Å². The number of furan rings is 1. The molecule has 0 N–H and O–H groups in total. The summed E-state index contributed by atoms with van der Waals surface area (Å²) >= 11 is 0. The molecule has 0 unspecified atom stereocenters. The van der Waals surface area contributed by atoms with Crippen molar-refractivity contribution in [3.8, 4) is 39.9 Å². The number of nitrogens with zero attached hydrogens (tertiary/aromatic N) is 4. The van der Waals surface area contributed by atoms with Gasteiger partial charge in [0, 0.05) is 32.7 Å². The Bertz CT molecular complexity index is 2800. The molecule has 0 aliphatic rings. The number of hydrogen-bond donors (Lipinski definition) is 0. The van der Waals surface area contributed by atoms with Gasteiger partial charge < -0.3 is 8.98 Å². The number of benzene rings is 7. The molecule has 0 saturated heterocycles. The molecule has 48 heavy (non-hydrogen) atoms. The van der Waals surface area contributed by atoms with E-state index in [1.54, 1.807) is 0 Å². The van der Waals surface area contributed by atoms with E-state index in [4.69, 9.17) is 19.4 Å². The minimum atomic E-state index is 0.595. The van der Waals surface area contributed by atoms with Crippen molar-refractivity contribution >= 4 is 54.5 Å². The number of rotatable bonds is 4. The predicted molar refractivity (Wildman–Crippen MR) is 195 cm³/mol. The second-order valence-corrected chi connectivity index (χ2v) is 12.0. The highest BCUT2D eigenvalue weighted by atomic mass is 16.3. The molecule has 0 amide bonds. The van der Waals surface area contributed by atoms with Crippen molar-refractivity contribution in [2.24, 2.45) is 0 Å². The van der Waals surface area contributed by atoms with E-state index in [1.807, 2.05) is 60.7 Å². The van der Waals surface area contributed by atoms with Gasteiger partial charge in [-0.05, 0) is 41.1 Å². The maximum absolute atomic E-state index is 6.28. The van der Waals surface area contributed by atoms with Crippen molar-refractivity contribution < 1.29 is 4.42 Å². The zero-order valence-electron chi connectivity index (χ0n) is 25.7.